The zero-order valence-electron chi connectivity index (χ0n) is 16.5. The van der Waals surface area contributed by atoms with E-state index in [4.69, 9.17) is 9.47 Å². The molecule has 1 fully saturated rings. The number of halogens is 1. The molecule has 8 heteroatoms. The zero-order valence-corrected chi connectivity index (χ0v) is 18.8. The monoisotopic (exact) mass is 510 g/mol. The summed E-state index contributed by atoms with van der Waals surface area (Å²) in [5, 5.41) is 13.5. The van der Waals surface area contributed by atoms with E-state index in [1.807, 2.05) is 42.5 Å². The van der Waals surface area contributed by atoms with E-state index in [2.05, 4.69) is 20.1 Å². The fourth-order valence-corrected chi connectivity index (χ4v) is 3.59. The first-order valence-corrected chi connectivity index (χ1v) is 9.61. The van der Waals surface area contributed by atoms with Gasteiger partial charge in [0.05, 0.1) is 12.2 Å². The van der Waals surface area contributed by atoms with Crippen LogP contribution < -0.4 is 19.7 Å². The Labute approximate surface area is 188 Å². The highest BCUT2D eigenvalue weighted by Crippen LogP contribution is 2.30. The molecular formula is C21H27IN4O3. The van der Waals surface area contributed by atoms with Gasteiger partial charge >= 0.3 is 0 Å². The molecule has 2 N–H and O–H groups in total. The summed E-state index contributed by atoms with van der Waals surface area (Å²) in [4.78, 5) is 8.86. The molecule has 2 aliphatic heterocycles. The molecule has 0 bridgehead atoms. The highest BCUT2D eigenvalue weighted by atomic mass is 127. The Morgan fingerprint density at radius 2 is 1.76 bits per heavy atom. The van der Waals surface area contributed by atoms with Crippen LogP contribution in [-0.2, 0) is 0 Å². The van der Waals surface area contributed by atoms with Gasteiger partial charge in [0.25, 0.3) is 0 Å². The molecule has 0 aromatic heterocycles. The van der Waals surface area contributed by atoms with E-state index in [0.29, 0.717) is 18.9 Å². The molecule has 2 aliphatic rings. The topological polar surface area (TPSA) is 69.6 Å². The van der Waals surface area contributed by atoms with Gasteiger partial charge in [-0.25, -0.2) is 0 Å². The van der Waals surface area contributed by atoms with Gasteiger partial charge in [0.1, 0.15) is 18.5 Å². The smallest absolute Gasteiger partial charge is 0.193 e. The van der Waals surface area contributed by atoms with E-state index < -0.39 is 0 Å². The second-order valence-electron chi connectivity index (χ2n) is 6.89. The van der Waals surface area contributed by atoms with E-state index in [-0.39, 0.29) is 30.1 Å². The molecule has 0 saturated carbocycles. The Hall–Kier alpha value is -2.36. The molecular weight excluding hydrogens is 483 g/mol. The van der Waals surface area contributed by atoms with Crippen LogP contribution in [0.2, 0.25) is 0 Å². The number of fused-ring (bicyclic) bond motifs is 1. The zero-order chi connectivity index (χ0) is 19.3. The number of piperazine rings is 1. The van der Waals surface area contributed by atoms with Gasteiger partial charge in [0, 0.05) is 33.2 Å². The summed E-state index contributed by atoms with van der Waals surface area (Å²) in [5.41, 5.74) is 0.886. The minimum absolute atomic E-state index is 0. The van der Waals surface area contributed by atoms with Crippen LogP contribution in [-0.4, -0.2) is 68.4 Å². The molecule has 1 atom stereocenters. The molecule has 156 valence electrons. The lowest BCUT2D eigenvalue weighted by atomic mass is 10.2. The highest BCUT2D eigenvalue weighted by Gasteiger charge is 2.24. The Bertz CT molecular complexity index is 840. The van der Waals surface area contributed by atoms with Crippen molar-refractivity contribution in [1.29, 1.82) is 0 Å². The van der Waals surface area contributed by atoms with E-state index in [0.717, 1.165) is 49.3 Å². The van der Waals surface area contributed by atoms with Crippen molar-refractivity contribution in [1.82, 2.24) is 10.2 Å². The predicted molar refractivity (Wildman–Crippen MR) is 125 cm³/mol. The van der Waals surface area contributed by atoms with Crippen molar-refractivity contribution < 1.29 is 14.6 Å². The normalized spacial score (nSPS) is 18.8. The number of rotatable bonds is 3. The molecule has 0 aliphatic carbocycles. The number of guanidine groups is 1. The van der Waals surface area contributed by atoms with Gasteiger partial charge in [-0.05, 0) is 24.3 Å². The summed E-state index contributed by atoms with van der Waals surface area (Å²) < 4.78 is 11.8. The molecule has 1 saturated heterocycles. The first-order valence-electron chi connectivity index (χ1n) is 9.61. The number of phenols is 1. The van der Waals surface area contributed by atoms with Crippen molar-refractivity contribution in [2.75, 3.05) is 51.3 Å². The van der Waals surface area contributed by atoms with Gasteiger partial charge in [0.2, 0.25) is 0 Å². The molecule has 1 unspecified atom stereocenters. The number of ether oxygens (including phenoxy) is 2. The number of hydrogen-bond acceptors (Lipinski definition) is 5. The number of hydrogen-bond donors (Lipinski definition) is 2. The lowest BCUT2D eigenvalue weighted by Crippen LogP contribution is -2.54. The molecule has 0 spiro atoms. The van der Waals surface area contributed by atoms with Gasteiger partial charge in [-0.3, -0.25) is 4.99 Å². The predicted octanol–water partition coefficient (Wildman–Crippen LogP) is 2.55. The summed E-state index contributed by atoms with van der Waals surface area (Å²) >= 11 is 0. The molecule has 4 rings (SSSR count). The van der Waals surface area contributed by atoms with Gasteiger partial charge in [-0.15, -0.1) is 24.0 Å². The summed E-state index contributed by atoms with van der Waals surface area (Å²) in [5.74, 6) is 2.77. The molecule has 2 aromatic carbocycles. The van der Waals surface area contributed by atoms with E-state index in [1.54, 1.807) is 13.1 Å². The fraction of sp³-hybridized carbons (Fsp3) is 0.381. The molecule has 2 aromatic rings. The van der Waals surface area contributed by atoms with Crippen molar-refractivity contribution in [2.45, 2.75) is 6.10 Å². The lowest BCUT2D eigenvalue weighted by molar-refractivity contribution is 0.0930. The highest BCUT2D eigenvalue weighted by molar-refractivity contribution is 14.0. The second-order valence-corrected chi connectivity index (χ2v) is 6.89. The average molecular weight is 510 g/mol. The number of nitrogens with one attached hydrogen (secondary N) is 1. The van der Waals surface area contributed by atoms with Crippen LogP contribution in [0.4, 0.5) is 5.69 Å². The van der Waals surface area contributed by atoms with Gasteiger partial charge in [0.15, 0.2) is 17.5 Å². The lowest BCUT2D eigenvalue weighted by Gasteiger charge is -2.38. The third kappa shape index (κ3) is 4.98. The van der Waals surface area contributed by atoms with Crippen molar-refractivity contribution in [3.63, 3.8) is 0 Å². The fourth-order valence-electron chi connectivity index (χ4n) is 3.59. The van der Waals surface area contributed by atoms with Crippen LogP contribution >= 0.6 is 24.0 Å². The van der Waals surface area contributed by atoms with Crippen LogP contribution in [0.5, 0.6) is 17.2 Å². The third-order valence-electron chi connectivity index (χ3n) is 5.07. The standard InChI is InChI=1S/C21H26N4O3.HI/c1-22-21(23-14-16-15-27-19-8-4-5-9-20(19)28-16)25-12-10-24(11-13-25)17-6-2-3-7-18(17)26;/h2-9,16,26H,10-15H2,1H3,(H,22,23);1H. The van der Waals surface area contributed by atoms with Crippen LogP contribution in [0.3, 0.4) is 0 Å². The average Bonchev–Trinajstić information content (AvgIpc) is 2.75. The van der Waals surface area contributed by atoms with Gasteiger partial charge < -0.3 is 29.7 Å². The van der Waals surface area contributed by atoms with Gasteiger partial charge in [-0.2, -0.15) is 0 Å². The van der Waals surface area contributed by atoms with E-state index >= 15 is 0 Å². The van der Waals surface area contributed by atoms with Gasteiger partial charge in [-0.1, -0.05) is 24.3 Å². The summed E-state index contributed by atoms with van der Waals surface area (Å²) in [6, 6.07) is 15.2. The van der Waals surface area contributed by atoms with Crippen LogP contribution in [0, 0.1) is 0 Å². The molecule has 2 heterocycles. The first-order chi connectivity index (χ1) is 13.7. The van der Waals surface area contributed by atoms with Crippen molar-refractivity contribution in [3.8, 4) is 17.2 Å². The number of anilines is 1. The molecule has 0 amide bonds. The Morgan fingerprint density at radius 3 is 2.48 bits per heavy atom. The maximum Gasteiger partial charge on any atom is 0.193 e. The Balaban J connectivity index is 0.00000240. The first kappa shape index (κ1) is 21.4. The summed E-state index contributed by atoms with van der Waals surface area (Å²) in [6.07, 6.45) is -0.0609. The van der Waals surface area contributed by atoms with E-state index in [1.165, 1.54) is 0 Å². The maximum absolute atomic E-state index is 10.1. The summed E-state index contributed by atoms with van der Waals surface area (Å²) in [7, 11) is 1.80. The Kier molecular flexibility index (Phi) is 7.29. The number of nitrogens with zero attached hydrogens (tertiary/aromatic N) is 3. The largest absolute Gasteiger partial charge is 0.506 e. The van der Waals surface area contributed by atoms with Crippen LogP contribution in [0.25, 0.3) is 0 Å². The van der Waals surface area contributed by atoms with Crippen molar-refractivity contribution in [2.24, 2.45) is 4.99 Å². The number of benzene rings is 2. The molecule has 7 nitrogen and oxygen atoms in total. The third-order valence-corrected chi connectivity index (χ3v) is 5.07. The molecule has 29 heavy (non-hydrogen) atoms. The van der Waals surface area contributed by atoms with Crippen molar-refractivity contribution in [3.05, 3.63) is 48.5 Å². The van der Waals surface area contributed by atoms with Crippen molar-refractivity contribution >= 4 is 35.6 Å². The number of aromatic hydroxyl groups is 1. The minimum Gasteiger partial charge on any atom is -0.506 e. The van der Waals surface area contributed by atoms with Crippen LogP contribution in [0.1, 0.15) is 0 Å². The number of aliphatic imine (C=N–C) groups is 1. The molecule has 0 radical (unpaired) electrons. The quantitative estimate of drug-likeness (QED) is 0.376. The summed E-state index contributed by atoms with van der Waals surface area (Å²) in [6.45, 7) is 4.46. The van der Waals surface area contributed by atoms with Crippen LogP contribution in [0.15, 0.2) is 53.5 Å². The SMILES string of the molecule is CN=C(NCC1COc2ccccc2O1)N1CCN(c2ccccc2O)CC1.I. The Morgan fingerprint density at radius 1 is 1.07 bits per heavy atom. The maximum atomic E-state index is 10.1. The number of phenolic OH excluding ortho intramolecular Hbond substituents is 1. The minimum atomic E-state index is -0.0609. The number of para-hydroxylation sites is 4. The second kappa shape index (κ2) is 9.91. The van der Waals surface area contributed by atoms with E-state index in [9.17, 15) is 5.11 Å².